The van der Waals surface area contributed by atoms with Gasteiger partial charge in [-0.3, -0.25) is 9.69 Å². The van der Waals surface area contributed by atoms with Gasteiger partial charge in [-0.05, 0) is 51.4 Å². The first-order chi connectivity index (χ1) is 9.59. The first kappa shape index (κ1) is 14.9. The van der Waals surface area contributed by atoms with E-state index in [1.54, 1.807) is 25.1 Å². The third-order valence-corrected chi connectivity index (χ3v) is 4.05. The van der Waals surface area contributed by atoms with Gasteiger partial charge >= 0.3 is 0 Å². The lowest BCUT2D eigenvalue weighted by Crippen LogP contribution is -2.44. The van der Waals surface area contributed by atoms with E-state index in [0.29, 0.717) is 18.2 Å². The summed E-state index contributed by atoms with van der Waals surface area (Å²) in [6.07, 6.45) is 3.81. The number of amides is 1. The molecule has 1 aromatic carbocycles. The summed E-state index contributed by atoms with van der Waals surface area (Å²) in [4.78, 5) is 14.5. The number of carbonyl (C=O) groups excluding carboxylic acids is 1. The molecule has 1 aliphatic rings. The molecule has 4 heteroatoms. The molecule has 1 fully saturated rings. The van der Waals surface area contributed by atoms with Crippen LogP contribution in [-0.4, -0.2) is 41.6 Å². The minimum atomic E-state index is -0.199. The number of benzene rings is 1. The molecule has 1 atom stereocenters. The monoisotopic (exact) mass is 276 g/mol. The molecule has 0 radical (unpaired) electrons. The van der Waals surface area contributed by atoms with Gasteiger partial charge in [-0.25, -0.2) is 0 Å². The van der Waals surface area contributed by atoms with Crippen LogP contribution >= 0.6 is 0 Å². The second-order valence-corrected chi connectivity index (χ2v) is 5.63. The second-order valence-electron chi connectivity index (χ2n) is 5.63. The van der Waals surface area contributed by atoms with E-state index in [1.807, 2.05) is 0 Å². The molecule has 0 aromatic heterocycles. The van der Waals surface area contributed by atoms with Crippen molar-refractivity contribution in [1.29, 1.82) is 0 Å². The van der Waals surface area contributed by atoms with Crippen molar-refractivity contribution in [2.24, 2.45) is 0 Å². The average molecular weight is 276 g/mol. The number of phenolic OH excluding ortho intramolecular Hbond substituents is 1. The number of likely N-dealkylation sites (tertiary alicyclic amines) is 1. The Bertz CT molecular complexity index is 468. The molecule has 0 bridgehead atoms. The van der Waals surface area contributed by atoms with Crippen molar-refractivity contribution in [2.75, 3.05) is 19.6 Å². The van der Waals surface area contributed by atoms with E-state index in [9.17, 15) is 9.90 Å². The van der Waals surface area contributed by atoms with E-state index in [4.69, 9.17) is 0 Å². The Morgan fingerprint density at radius 1 is 1.35 bits per heavy atom. The van der Waals surface area contributed by atoms with Crippen molar-refractivity contribution in [2.45, 2.75) is 39.2 Å². The van der Waals surface area contributed by atoms with Gasteiger partial charge < -0.3 is 10.4 Å². The standard InChI is InChI=1S/C16H24N2O2/c1-12-7-6-8-14(15(12)19)16(20)17-11-13(2)18-9-4-3-5-10-18/h6-8,13,19H,3-5,9-11H2,1-2H3,(H,17,20). The van der Waals surface area contributed by atoms with Gasteiger partial charge in [0.1, 0.15) is 5.75 Å². The molecule has 110 valence electrons. The highest BCUT2D eigenvalue weighted by atomic mass is 16.3. The molecule has 0 saturated carbocycles. The van der Waals surface area contributed by atoms with Gasteiger partial charge in [0.15, 0.2) is 0 Å². The van der Waals surface area contributed by atoms with Crippen molar-refractivity contribution < 1.29 is 9.90 Å². The fourth-order valence-electron chi connectivity index (χ4n) is 2.67. The molecule has 2 rings (SSSR count). The number of aromatic hydroxyl groups is 1. The first-order valence-electron chi connectivity index (χ1n) is 7.40. The summed E-state index contributed by atoms with van der Waals surface area (Å²) in [5.41, 5.74) is 1.08. The predicted molar refractivity (Wildman–Crippen MR) is 80.1 cm³/mol. The Hall–Kier alpha value is -1.55. The summed E-state index contributed by atoms with van der Waals surface area (Å²) in [5, 5.41) is 12.8. The molecule has 1 saturated heterocycles. The van der Waals surface area contributed by atoms with Gasteiger partial charge in [-0.15, -0.1) is 0 Å². The lowest BCUT2D eigenvalue weighted by Gasteiger charge is -2.32. The summed E-state index contributed by atoms with van der Waals surface area (Å²) < 4.78 is 0. The van der Waals surface area contributed by atoms with Crippen LogP contribution in [-0.2, 0) is 0 Å². The molecule has 1 heterocycles. The Morgan fingerprint density at radius 2 is 2.05 bits per heavy atom. The maximum Gasteiger partial charge on any atom is 0.255 e. The van der Waals surface area contributed by atoms with Crippen LogP contribution in [0, 0.1) is 6.92 Å². The lowest BCUT2D eigenvalue weighted by atomic mass is 10.1. The SMILES string of the molecule is Cc1cccc(C(=O)NCC(C)N2CCCCC2)c1O. The Kier molecular flexibility index (Phi) is 5.01. The minimum absolute atomic E-state index is 0.0793. The zero-order valence-electron chi connectivity index (χ0n) is 12.4. The molecule has 1 amide bonds. The quantitative estimate of drug-likeness (QED) is 0.887. The normalized spacial score (nSPS) is 17.7. The Morgan fingerprint density at radius 3 is 2.75 bits per heavy atom. The molecule has 0 spiro atoms. The first-order valence-corrected chi connectivity index (χ1v) is 7.40. The van der Waals surface area contributed by atoms with E-state index >= 15 is 0 Å². The third kappa shape index (κ3) is 3.51. The van der Waals surface area contributed by atoms with Crippen LogP contribution < -0.4 is 5.32 Å². The minimum Gasteiger partial charge on any atom is -0.507 e. The molecule has 0 aliphatic carbocycles. The van der Waals surface area contributed by atoms with Crippen molar-refractivity contribution in [3.05, 3.63) is 29.3 Å². The number of carbonyl (C=O) groups is 1. The van der Waals surface area contributed by atoms with Crippen molar-refractivity contribution >= 4 is 5.91 Å². The van der Waals surface area contributed by atoms with Crippen LogP contribution in [0.5, 0.6) is 5.75 Å². The molecule has 1 aromatic rings. The highest BCUT2D eigenvalue weighted by molar-refractivity contribution is 5.97. The van der Waals surface area contributed by atoms with Crippen LogP contribution in [0.2, 0.25) is 0 Å². The van der Waals surface area contributed by atoms with Crippen molar-refractivity contribution in [3.63, 3.8) is 0 Å². The van der Waals surface area contributed by atoms with E-state index in [0.717, 1.165) is 18.7 Å². The average Bonchev–Trinajstić information content (AvgIpc) is 2.48. The number of nitrogens with one attached hydrogen (secondary N) is 1. The molecule has 2 N–H and O–H groups in total. The fourth-order valence-corrected chi connectivity index (χ4v) is 2.67. The number of aryl methyl sites for hydroxylation is 1. The molecular weight excluding hydrogens is 252 g/mol. The van der Waals surface area contributed by atoms with Crippen molar-refractivity contribution in [1.82, 2.24) is 10.2 Å². The number of hydrogen-bond acceptors (Lipinski definition) is 3. The number of rotatable bonds is 4. The molecular formula is C16H24N2O2. The zero-order valence-corrected chi connectivity index (χ0v) is 12.4. The molecule has 4 nitrogen and oxygen atoms in total. The van der Waals surface area contributed by atoms with Gasteiger partial charge in [0.05, 0.1) is 5.56 Å². The summed E-state index contributed by atoms with van der Waals surface area (Å²) >= 11 is 0. The number of nitrogens with zero attached hydrogens (tertiary/aromatic N) is 1. The maximum atomic E-state index is 12.1. The Balaban J connectivity index is 1.89. The topological polar surface area (TPSA) is 52.6 Å². The second kappa shape index (κ2) is 6.75. The number of para-hydroxylation sites is 1. The molecule has 1 aliphatic heterocycles. The van der Waals surface area contributed by atoms with Gasteiger partial charge in [0, 0.05) is 12.6 Å². The maximum absolute atomic E-state index is 12.1. The van der Waals surface area contributed by atoms with E-state index in [1.165, 1.54) is 19.3 Å². The van der Waals surface area contributed by atoms with Crippen LogP contribution in [0.4, 0.5) is 0 Å². The molecule has 1 unspecified atom stereocenters. The van der Waals surface area contributed by atoms with Crippen LogP contribution in [0.1, 0.15) is 42.1 Å². The van der Waals surface area contributed by atoms with Gasteiger partial charge in [-0.1, -0.05) is 18.6 Å². The number of phenols is 1. The van der Waals surface area contributed by atoms with Gasteiger partial charge in [0.25, 0.3) is 5.91 Å². The van der Waals surface area contributed by atoms with Crippen LogP contribution in [0.3, 0.4) is 0 Å². The van der Waals surface area contributed by atoms with Crippen LogP contribution in [0.15, 0.2) is 18.2 Å². The van der Waals surface area contributed by atoms with Gasteiger partial charge in [-0.2, -0.15) is 0 Å². The predicted octanol–water partition coefficient (Wildman–Crippen LogP) is 2.30. The summed E-state index contributed by atoms with van der Waals surface area (Å²) in [6, 6.07) is 5.58. The summed E-state index contributed by atoms with van der Waals surface area (Å²) in [6.45, 7) is 6.79. The Labute approximate surface area is 120 Å². The van der Waals surface area contributed by atoms with Gasteiger partial charge in [0.2, 0.25) is 0 Å². The smallest absolute Gasteiger partial charge is 0.255 e. The largest absolute Gasteiger partial charge is 0.507 e. The van der Waals surface area contributed by atoms with Crippen LogP contribution in [0.25, 0.3) is 0 Å². The molecule has 20 heavy (non-hydrogen) atoms. The lowest BCUT2D eigenvalue weighted by molar-refractivity contribution is 0.0927. The van der Waals surface area contributed by atoms with E-state index in [-0.39, 0.29) is 11.7 Å². The zero-order chi connectivity index (χ0) is 14.5. The highest BCUT2D eigenvalue weighted by Gasteiger charge is 2.18. The highest BCUT2D eigenvalue weighted by Crippen LogP contribution is 2.21. The van der Waals surface area contributed by atoms with E-state index < -0.39 is 0 Å². The fraction of sp³-hybridized carbons (Fsp3) is 0.562. The third-order valence-electron chi connectivity index (χ3n) is 4.05. The van der Waals surface area contributed by atoms with Crippen molar-refractivity contribution in [3.8, 4) is 5.75 Å². The number of hydrogen-bond donors (Lipinski definition) is 2. The summed E-state index contributed by atoms with van der Waals surface area (Å²) in [5.74, 6) is -0.120. The number of piperidine rings is 1. The summed E-state index contributed by atoms with van der Waals surface area (Å²) in [7, 11) is 0. The van der Waals surface area contributed by atoms with E-state index in [2.05, 4.69) is 17.1 Å².